The van der Waals surface area contributed by atoms with E-state index in [1.165, 1.54) is 18.5 Å². The number of hydrogen-bond acceptors (Lipinski definition) is 3. The molecule has 1 amide bonds. The van der Waals surface area contributed by atoms with Gasteiger partial charge in [-0.3, -0.25) is 9.78 Å². The molecule has 0 fully saturated rings. The Labute approximate surface area is 134 Å². The third kappa shape index (κ3) is 3.55. The van der Waals surface area contributed by atoms with Crippen LogP contribution in [0.1, 0.15) is 15.9 Å². The molecule has 0 atom stereocenters. The number of aromatic nitrogens is 1. The molecule has 3 aromatic rings. The summed E-state index contributed by atoms with van der Waals surface area (Å²) in [7, 11) is 0. The van der Waals surface area contributed by atoms with E-state index in [0.717, 1.165) is 11.3 Å². The van der Waals surface area contributed by atoms with Crippen molar-refractivity contribution in [3.05, 3.63) is 90.3 Å². The monoisotopic (exact) mass is 304 g/mol. The van der Waals surface area contributed by atoms with E-state index in [1.54, 1.807) is 4.90 Å². The minimum atomic E-state index is -0.205. The predicted octanol–water partition coefficient (Wildman–Crippen LogP) is 3.63. The number of aromatic hydroxyl groups is 1. The fourth-order valence-electron chi connectivity index (χ4n) is 2.35. The molecule has 4 nitrogen and oxygen atoms in total. The van der Waals surface area contributed by atoms with Gasteiger partial charge in [0.05, 0.1) is 18.3 Å². The SMILES string of the molecule is O=C(c1cncc(O)c1)N(Cc1ccccc1)c1ccccc1. The van der Waals surface area contributed by atoms with Crippen LogP contribution in [0.25, 0.3) is 0 Å². The highest BCUT2D eigenvalue weighted by Crippen LogP contribution is 2.21. The number of para-hydroxylation sites is 1. The number of hydrogen-bond donors (Lipinski definition) is 1. The number of anilines is 1. The lowest BCUT2D eigenvalue weighted by Gasteiger charge is -2.23. The standard InChI is InChI=1S/C19H16N2O2/c22-18-11-16(12-20-13-18)19(23)21(17-9-5-2-6-10-17)14-15-7-3-1-4-8-15/h1-13,22H,14H2. The smallest absolute Gasteiger partial charge is 0.260 e. The van der Waals surface area contributed by atoms with Crippen LogP contribution in [0.5, 0.6) is 5.75 Å². The van der Waals surface area contributed by atoms with Gasteiger partial charge >= 0.3 is 0 Å². The van der Waals surface area contributed by atoms with Crippen molar-refractivity contribution in [2.24, 2.45) is 0 Å². The van der Waals surface area contributed by atoms with Crippen LogP contribution < -0.4 is 4.90 Å². The molecule has 0 unspecified atom stereocenters. The third-order valence-corrected chi connectivity index (χ3v) is 3.47. The molecule has 3 rings (SSSR count). The largest absolute Gasteiger partial charge is 0.506 e. The molecule has 1 heterocycles. The van der Waals surface area contributed by atoms with Crippen LogP contribution in [0.15, 0.2) is 79.1 Å². The number of carbonyl (C=O) groups excluding carboxylic acids is 1. The van der Waals surface area contributed by atoms with Gasteiger partial charge in [0, 0.05) is 11.9 Å². The van der Waals surface area contributed by atoms with Crippen LogP contribution in [0, 0.1) is 0 Å². The second-order valence-corrected chi connectivity index (χ2v) is 5.14. The first-order valence-electron chi connectivity index (χ1n) is 7.29. The highest BCUT2D eigenvalue weighted by molar-refractivity contribution is 6.06. The Morgan fingerprint density at radius 3 is 2.26 bits per heavy atom. The summed E-state index contributed by atoms with van der Waals surface area (Å²) in [5.74, 6) is -0.230. The zero-order valence-electron chi connectivity index (χ0n) is 12.5. The molecule has 1 N–H and O–H groups in total. The van der Waals surface area contributed by atoms with Crippen LogP contribution in [-0.4, -0.2) is 16.0 Å². The van der Waals surface area contributed by atoms with E-state index in [9.17, 15) is 9.90 Å². The zero-order valence-corrected chi connectivity index (χ0v) is 12.5. The van der Waals surface area contributed by atoms with Gasteiger partial charge in [0.1, 0.15) is 5.75 Å². The average molecular weight is 304 g/mol. The van der Waals surface area contributed by atoms with Crippen LogP contribution >= 0.6 is 0 Å². The van der Waals surface area contributed by atoms with Crippen molar-refractivity contribution >= 4 is 11.6 Å². The molecule has 4 heteroatoms. The van der Waals surface area contributed by atoms with Crippen molar-refractivity contribution in [3.8, 4) is 5.75 Å². The Bertz CT molecular complexity index is 789. The van der Waals surface area contributed by atoms with E-state index in [-0.39, 0.29) is 11.7 Å². The molecule has 1 aromatic heterocycles. The number of carbonyl (C=O) groups is 1. The maximum atomic E-state index is 12.9. The summed E-state index contributed by atoms with van der Waals surface area (Å²) >= 11 is 0. The highest BCUT2D eigenvalue weighted by atomic mass is 16.3. The first kappa shape index (κ1) is 14.8. The molecule has 0 bridgehead atoms. The lowest BCUT2D eigenvalue weighted by molar-refractivity contribution is 0.0984. The molecule has 0 aliphatic rings. The predicted molar refractivity (Wildman–Crippen MR) is 89.3 cm³/mol. The van der Waals surface area contributed by atoms with E-state index >= 15 is 0 Å². The average Bonchev–Trinajstić information content (AvgIpc) is 2.61. The fraction of sp³-hybridized carbons (Fsp3) is 0.0526. The van der Waals surface area contributed by atoms with E-state index < -0.39 is 0 Å². The summed E-state index contributed by atoms with van der Waals surface area (Å²) in [6, 6.07) is 20.7. The number of pyridine rings is 1. The molecular weight excluding hydrogens is 288 g/mol. The summed E-state index contributed by atoms with van der Waals surface area (Å²) in [4.78, 5) is 18.4. The summed E-state index contributed by atoms with van der Waals surface area (Å²) in [6.45, 7) is 0.444. The minimum absolute atomic E-state index is 0.0245. The van der Waals surface area contributed by atoms with Crippen LogP contribution in [-0.2, 0) is 6.54 Å². The maximum Gasteiger partial charge on any atom is 0.260 e. The van der Waals surface area contributed by atoms with Gasteiger partial charge in [0.25, 0.3) is 5.91 Å². The van der Waals surface area contributed by atoms with Crippen LogP contribution in [0.4, 0.5) is 5.69 Å². The van der Waals surface area contributed by atoms with E-state index in [4.69, 9.17) is 0 Å². The molecule has 114 valence electrons. The topological polar surface area (TPSA) is 53.4 Å². The van der Waals surface area contributed by atoms with Crippen molar-refractivity contribution in [2.75, 3.05) is 4.90 Å². The fourth-order valence-corrected chi connectivity index (χ4v) is 2.35. The van der Waals surface area contributed by atoms with Crippen molar-refractivity contribution in [1.29, 1.82) is 0 Å². The van der Waals surface area contributed by atoms with Crippen molar-refractivity contribution in [2.45, 2.75) is 6.54 Å². The minimum Gasteiger partial charge on any atom is -0.506 e. The summed E-state index contributed by atoms with van der Waals surface area (Å²) in [5.41, 5.74) is 2.17. The van der Waals surface area contributed by atoms with Gasteiger partial charge in [-0.1, -0.05) is 48.5 Å². The molecule has 0 saturated carbocycles. The first-order chi connectivity index (χ1) is 11.2. The van der Waals surface area contributed by atoms with Gasteiger partial charge in [-0.25, -0.2) is 0 Å². The number of nitrogens with zero attached hydrogens (tertiary/aromatic N) is 2. The summed E-state index contributed by atoms with van der Waals surface area (Å²) in [5, 5.41) is 9.57. The number of amides is 1. The van der Waals surface area contributed by atoms with E-state index in [0.29, 0.717) is 12.1 Å². The molecule has 23 heavy (non-hydrogen) atoms. The molecule has 0 radical (unpaired) electrons. The van der Waals surface area contributed by atoms with Gasteiger partial charge in [-0.15, -0.1) is 0 Å². The number of benzene rings is 2. The zero-order chi connectivity index (χ0) is 16.1. The Kier molecular flexibility index (Phi) is 4.34. The van der Waals surface area contributed by atoms with Gasteiger partial charge < -0.3 is 10.0 Å². The van der Waals surface area contributed by atoms with Crippen LogP contribution in [0.3, 0.4) is 0 Å². The van der Waals surface area contributed by atoms with E-state index in [1.807, 2.05) is 60.7 Å². The van der Waals surface area contributed by atoms with Gasteiger partial charge in [0.2, 0.25) is 0 Å². The quantitative estimate of drug-likeness (QED) is 0.800. The summed E-state index contributed by atoms with van der Waals surface area (Å²) in [6.07, 6.45) is 2.77. The Balaban J connectivity index is 1.96. The number of rotatable bonds is 4. The summed E-state index contributed by atoms with van der Waals surface area (Å²) < 4.78 is 0. The van der Waals surface area contributed by atoms with Gasteiger partial charge in [-0.05, 0) is 23.8 Å². The van der Waals surface area contributed by atoms with Crippen LogP contribution in [0.2, 0.25) is 0 Å². The Morgan fingerprint density at radius 2 is 1.61 bits per heavy atom. The molecule has 0 spiro atoms. The normalized spacial score (nSPS) is 10.3. The second kappa shape index (κ2) is 6.75. The van der Waals surface area contributed by atoms with Gasteiger partial charge in [0.15, 0.2) is 0 Å². The third-order valence-electron chi connectivity index (χ3n) is 3.47. The molecule has 0 aliphatic carbocycles. The lowest BCUT2D eigenvalue weighted by Crippen LogP contribution is -2.30. The van der Waals surface area contributed by atoms with E-state index in [2.05, 4.69) is 4.98 Å². The van der Waals surface area contributed by atoms with Crippen molar-refractivity contribution in [3.63, 3.8) is 0 Å². The molecule has 0 saturated heterocycles. The Morgan fingerprint density at radius 1 is 0.957 bits per heavy atom. The lowest BCUT2D eigenvalue weighted by atomic mass is 10.1. The maximum absolute atomic E-state index is 12.9. The molecule has 2 aromatic carbocycles. The molecule has 0 aliphatic heterocycles. The Hall–Kier alpha value is -3.14. The van der Waals surface area contributed by atoms with Gasteiger partial charge in [-0.2, -0.15) is 0 Å². The van der Waals surface area contributed by atoms with Crippen molar-refractivity contribution < 1.29 is 9.90 Å². The first-order valence-corrected chi connectivity index (χ1v) is 7.29. The molecular formula is C19H16N2O2. The van der Waals surface area contributed by atoms with Crippen molar-refractivity contribution in [1.82, 2.24) is 4.98 Å². The second-order valence-electron chi connectivity index (χ2n) is 5.14. The highest BCUT2D eigenvalue weighted by Gasteiger charge is 2.18.